The fourth-order valence-electron chi connectivity index (χ4n) is 1.33. The van der Waals surface area contributed by atoms with Gasteiger partial charge in [-0.3, -0.25) is 4.79 Å². The second kappa shape index (κ2) is 6.11. The number of hydrogen-bond acceptors (Lipinski definition) is 3. The predicted molar refractivity (Wildman–Crippen MR) is 60.5 cm³/mol. The van der Waals surface area contributed by atoms with Gasteiger partial charge in [0.1, 0.15) is 6.10 Å². The molecule has 0 saturated heterocycles. The molecule has 0 amide bonds. The third kappa shape index (κ3) is 7.37. The van der Waals surface area contributed by atoms with Crippen molar-refractivity contribution >= 4 is 5.97 Å². The lowest BCUT2D eigenvalue weighted by atomic mass is 9.88. The van der Waals surface area contributed by atoms with E-state index in [0.717, 1.165) is 6.42 Å². The Kier molecular flexibility index (Phi) is 5.88. The first-order valence-corrected chi connectivity index (χ1v) is 5.57. The molecular weight excluding hydrogens is 192 g/mol. The van der Waals surface area contributed by atoms with Crippen molar-refractivity contribution in [2.75, 3.05) is 6.61 Å². The Balaban J connectivity index is 4.22. The van der Waals surface area contributed by atoms with Crippen molar-refractivity contribution in [3.63, 3.8) is 0 Å². The fourth-order valence-corrected chi connectivity index (χ4v) is 1.33. The number of hydrogen-bond donors (Lipinski definition) is 1. The molecule has 0 aromatic heterocycles. The highest BCUT2D eigenvalue weighted by Gasteiger charge is 2.22. The standard InChI is InChI=1S/C12H24O3/c1-9(2)11(14)15-10(6-7-13)8-12(3,4)5/h9-10,13H,6-8H2,1-5H3. The van der Waals surface area contributed by atoms with E-state index >= 15 is 0 Å². The Morgan fingerprint density at radius 1 is 1.33 bits per heavy atom. The summed E-state index contributed by atoms with van der Waals surface area (Å²) in [5, 5.41) is 8.89. The molecule has 1 atom stereocenters. The molecule has 0 aliphatic heterocycles. The molecule has 0 bridgehead atoms. The molecule has 3 heteroatoms. The predicted octanol–water partition coefficient (Wildman–Crippen LogP) is 2.37. The van der Waals surface area contributed by atoms with Crippen molar-refractivity contribution in [2.45, 2.75) is 53.6 Å². The summed E-state index contributed by atoms with van der Waals surface area (Å²) in [5.74, 6) is -0.288. The van der Waals surface area contributed by atoms with Crippen LogP contribution in [0.15, 0.2) is 0 Å². The van der Waals surface area contributed by atoms with Gasteiger partial charge in [-0.2, -0.15) is 0 Å². The maximum Gasteiger partial charge on any atom is 0.308 e. The van der Waals surface area contributed by atoms with Gasteiger partial charge in [0.15, 0.2) is 0 Å². The van der Waals surface area contributed by atoms with Gasteiger partial charge in [0, 0.05) is 13.0 Å². The molecule has 0 saturated carbocycles. The summed E-state index contributed by atoms with van der Waals surface area (Å²) in [6, 6.07) is 0. The first kappa shape index (κ1) is 14.4. The number of aliphatic hydroxyl groups excluding tert-OH is 1. The van der Waals surface area contributed by atoms with E-state index in [1.54, 1.807) is 0 Å². The van der Waals surface area contributed by atoms with Gasteiger partial charge in [-0.25, -0.2) is 0 Å². The highest BCUT2D eigenvalue weighted by atomic mass is 16.5. The maximum atomic E-state index is 11.4. The van der Waals surface area contributed by atoms with Gasteiger partial charge in [-0.1, -0.05) is 34.6 Å². The quantitative estimate of drug-likeness (QED) is 0.718. The number of aliphatic hydroxyl groups is 1. The number of ether oxygens (including phenoxy) is 1. The summed E-state index contributed by atoms with van der Waals surface area (Å²) >= 11 is 0. The summed E-state index contributed by atoms with van der Waals surface area (Å²) in [6.45, 7) is 9.98. The molecule has 1 N–H and O–H groups in total. The van der Waals surface area contributed by atoms with Crippen LogP contribution in [0.1, 0.15) is 47.5 Å². The zero-order valence-electron chi connectivity index (χ0n) is 10.5. The van der Waals surface area contributed by atoms with Gasteiger partial charge >= 0.3 is 5.97 Å². The largest absolute Gasteiger partial charge is 0.462 e. The molecule has 0 aliphatic carbocycles. The highest BCUT2D eigenvalue weighted by Crippen LogP contribution is 2.24. The average molecular weight is 216 g/mol. The topological polar surface area (TPSA) is 46.5 Å². The first-order valence-electron chi connectivity index (χ1n) is 5.57. The lowest BCUT2D eigenvalue weighted by molar-refractivity contribution is -0.154. The van der Waals surface area contributed by atoms with Crippen LogP contribution in [0.2, 0.25) is 0 Å². The van der Waals surface area contributed by atoms with Crippen LogP contribution in [0.25, 0.3) is 0 Å². The van der Waals surface area contributed by atoms with Crippen molar-refractivity contribution < 1.29 is 14.6 Å². The van der Waals surface area contributed by atoms with E-state index in [2.05, 4.69) is 20.8 Å². The van der Waals surface area contributed by atoms with Crippen LogP contribution >= 0.6 is 0 Å². The third-order valence-corrected chi connectivity index (χ3v) is 2.05. The van der Waals surface area contributed by atoms with Crippen LogP contribution in [0.5, 0.6) is 0 Å². The van der Waals surface area contributed by atoms with Crippen LogP contribution in [0.3, 0.4) is 0 Å². The Morgan fingerprint density at radius 2 is 1.87 bits per heavy atom. The Bertz CT molecular complexity index is 192. The third-order valence-electron chi connectivity index (χ3n) is 2.05. The Morgan fingerprint density at radius 3 is 2.20 bits per heavy atom. The van der Waals surface area contributed by atoms with E-state index in [0.29, 0.717) is 6.42 Å². The molecule has 0 aromatic carbocycles. The molecule has 15 heavy (non-hydrogen) atoms. The van der Waals surface area contributed by atoms with Crippen molar-refractivity contribution in [3.8, 4) is 0 Å². The normalized spacial score (nSPS) is 14.1. The lowest BCUT2D eigenvalue weighted by Crippen LogP contribution is -2.27. The van der Waals surface area contributed by atoms with Crippen LogP contribution in [-0.4, -0.2) is 23.8 Å². The fraction of sp³-hybridized carbons (Fsp3) is 0.917. The number of carbonyl (C=O) groups excluding carboxylic acids is 1. The highest BCUT2D eigenvalue weighted by molar-refractivity contribution is 5.71. The minimum absolute atomic E-state index is 0.0616. The van der Waals surface area contributed by atoms with Gasteiger partial charge in [-0.15, -0.1) is 0 Å². The first-order chi connectivity index (χ1) is 6.76. The SMILES string of the molecule is CC(C)C(=O)OC(CCO)CC(C)(C)C. The molecule has 0 fully saturated rings. The molecular formula is C12H24O3. The molecule has 0 spiro atoms. The zero-order valence-corrected chi connectivity index (χ0v) is 10.5. The molecule has 0 aliphatic rings. The average Bonchev–Trinajstić information content (AvgIpc) is 2.00. The molecule has 0 aromatic rings. The molecule has 0 rings (SSSR count). The van der Waals surface area contributed by atoms with Crippen LogP contribution in [0, 0.1) is 11.3 Å². The monoisotopic (exact) mass is 216 g/mol. The Hall–Kier alpha value is -0.570. The Labute approximate surface area is 92.8 Å². The molecule has 0 heterocycles. The maximum absolute atomic E-state index is 11.4. The second-order valence-electron chi connectivity index (χ2n) is 5.49. The second-order valence-corrected chi connectivity index (χ2v) is 5.49. The van der Waals surface area contributed by atoms with E-state index in [1.807, 2.05) is 13.8 Å². The van der Waals surface area contributed by atoms with Gasteiger partial charge < -0.3 is 9.84 Å². The molecule has 90 valence electrons. The number of rotatable bonds is 5. The molecule has 3 nitrogen and oxygen atoms in total. The van der Waals surface area contributed by atoms with Gasteiger partial charge in [0.2, 0.25) is 0 Å². The van der Waals surface area contributed by atoms with E-state index in [-0.39, 0.29) is 30.0 Å². The van der Waals surface area contributed by atoms with E-state index < -0.39 is 0 Å². The number of esters is 1. The van der Waals surface area contributed by atoms with E-state index in [9.17, 15) is 4.79 Å². The van der Waals surface area contributed by atoms with Gasteiger partial charge in [0.25, 0.3) is 0 Å². The minimum Gasteiger partial charge on any atom is -0.462 e. The van der Waals surface area contributed by atoms with Gasteiger partial charge in [-0.05, 0) is 11.8 Å². The smallest absolute Gasteiger partial charge is 0.308 e. The summed E-state index contributed by atoms with van der Waals surface area (Å²) in [4.78, 5) is 11.4. The van der Waals surface area contributed by atoms with Crippen LogP contribution < -0.4 is 0 Å². The van der Waals surface area contributed by atoms with Crippen molar-refractivity contribution in [2.24, 2.45) is 11.3 Å². The van der Waals surface area contributed by atoms with Crippen molar-refractivity contribution in [1.29, 1.82) is 0 Å². The summed E-state index contributed by atoms with van der Waals surface area (Å²) < 4.78 is 5.33. The van der Waals surface area contributed by atoms with Crippen LogP contribution in [0.4, 0.5) is 0 Å². The minimum atomic E-state index is -0.183. The summed E-state index contributed by atoms with van der Waals surface area (Å²) in [5.41, 5.74) is 0.108. The molecule has 1 unspecified atom stereocenters. The van der Waals surface area contributed by atoms with E-state index in [1.165, 1.54) is 0 Å². The molecule has 0 radical (unpaired) electrons. The lowest BCUT2D eigenvalue weighted by Gasteiger charge is -2.26. The summed E-state index contributed by atoms with van der Waals surface area (Å²) in [7, 11) is 0. The van der Waals surface area contributed by atoms with Crippen molar-refractivity contribution in [1.82, 2.24) is 0 Å². The number of carbonyl (C=O) groups is 1. The van der Waals surface area contributed by atoms with Crippen molar-refractivity contribution in [3.05, 3.63) is 0 Å². The summed E-state index contributed by atoms with van der Waals surface area (Å²) in [6.07, 6.45) is 1.15. The van der Waals surface area contributed by atoms with Gasteiger partial charge in [0.05, 0.1) is 5.92 Å². The van der Waals surface area contributed by atoms with E-state index in [4.69, 9.17) is 9.84 Å². The van der Waals surface area contributed by atoms with Crippen LogP contribution in [-0.2, 0) is 9.53 Å². The zero-order chi connectivity index (χ0) is 12.1.